The molecule has 1 aromatic carbocycles. The van der Waals surface area contributed by atoms with Crippen LogP contribution < -0.4 is 10.3 Å². The van der Waals surface area contributed by atoms with Gasteiger partial charge in [0.2, 0.25) is 0 Å². The first-order valence-electron chi connectivity index (χ1n) is 7.95. The molecule has 1 aliphatic rings. The molecule has 2 heterocycles. The van der Waals surface area contributed by atoms with Gasteiger partial charge in [-0.15, -0.1) is 0 Å². The average Bonchev–Trinajstić information content (AvgIpc) is 3.09. The third-order valence-corrected chi connectivity index (χ3v) is 4.31. The molecule has 0 N–H and O–H groups in total. The zero-order valence-corrected chi connectivity index (χ0v) is 14.1. The molecule has 0 saturated carbocycles. The van der Waals surface area contributed by atoms with E-state index in [9.17, 15) is 9.59 Å². The predicted molar refractivity (Wildman–Crippen MR) is 92.8 cm³/mol. The number of halogens is 1. The number of hydrogen-bond donors (Lipinski definition) is 0. The van der Waals surface area contributed by atoms with Gasteiger partial charge in [-0.25, -0.2) is 4.79 Å². The molecule has 1 aromatic heterocycles. The number of benzene rings is 1. The van der Waals surface area contributed by atoms with Crippen LogP contribution >= 0.6 is 11.6 Å². The van der Waals surface area contributed by atoms with Crippen molar-refractivity contribution >= 4 is 23.3 Å². The molecule has 24 heavy (non-hydrogen) atoms. The van der Waals surface area contributed by atoms with Gasteiger partial charge in [-0.2, -0.15) is 0 Å². The molecule has 3 rings (SSSR count). The fourth-order valence-corrected chi connectivity index (χ4v) is 3.09. The predicted octanol–water partition coefficient (Wildman–Crippen LogP) is 3.74. The SMILES string of the molecule is CCOC(=O)c1coc(-c2ccc(N3CCCC3)c(Cl)c2)cc1=O. The Balaban J connectivity index is 1.89. The number of rotatable bonds is 4. The number of ether oxygens (including phenoxy) is 1. The zero-order valence-electron chi connectivity index (χ0n) is 13.4. The van der Waals surface area contributed by atoms with E-state index in [1.165, 1.54) is 18.9 Å². The van der Waals surface area contributed by atoms with E-state index in [1.807, 2.05) is 12.1 Å². The van der Waals surface area contributed by atoms with Gasteiger partial charge in [-0.3, -0.25) is 4.79 Å². The fourth-order valence-electron chi connectivity index (χ4n) is 2.79. The lowest BCUT2D eigenvalue weighted by atomic mass is 10.1. The molecule has 0 spiro atoms. The highest BCUT2D eigenvalue weighted by Gasteiger charge is 2.17. The molecule has 0 atom stereocenters. The molecule has 1 fully saturated rings. The molecule has 6 heteroatoms. The Bertz CT molecular complexity index is 809. The summed E-state index contributed by atoms with van der Waals surface area (Å²) in [5, 5.41) is 0.617. The molecule has 0 bridgehead atoms. The first kappa shape index (κ1) is 16.6. The Hall–Kier alpha value is -2.27. The minimum atomic E-state index is -0.680. The van der Waals surface area contributed by atoms with E-state index in [1.54, 1.807) is 13.0 Å². The molecular formula is C18H18ClNO4. The van der Waals surface area contributed by atoms with E-state index in [2.05, 4.69) is 4.90 Å². The Labute approximate surface area is 144 Å². The van der Waals surface area contributed by atoms with E-state index < -0.39 is 11.4 Å². The minimum absolute atomic E-state index is 0.111. The summed E-state index contributed by atoms with van der Waals surface area (Å²) in [6.07, 6.45) is 3.47. The summed E-state index contributed by atoms with van der Waals surface area (Å²) in [6, 6.07) is 6.86. The van der Waals surface area contributed by atoms with Crippen molar-refractivity contribution in [3.8, 4) is 11.3 Å². The molecule has 0 unspecified atom stereocenters. The zero-order chi connectivity index (χ0) is 17.1. The number of carbonyl (C=O) groups is 1. The Kier molecular flexibility index (Phi) is 4.90. The first-order chi connectivity index (χ1) is 11.6. The maximum absolute atomic E-state index is 12.1. The van der Waals surface area contributed by atoms with Crippen LogP contribution in [0.3, 0.4) is 0 Å². The first-order valence-corrected chi connectivity index (χ1v) is 8.33. The number of carbonyl (C=O) groups excluding carboxylic acids is 1. The highest BCUT2D eigenvalue weighted by Crippen LogP contribution is 2.32. The molecule has 0 amide bonds. The second-order valence-electron chi connectivity index (χ2n) is 5.60. The van der Waals surface area contributed by atoms with Crippen LogP contribution in [0.25, 0.3) is 11.3 Å². The number of anilines is 1. The van der Waals surface area contributed by atoms with Gasteiger partial charge in [0.15, 0.2) is 5.43 Å². The van der Waals surface area contributed by atoms with Crippen LogP contribution in [0.4, 0.5) is 5.69 Å². The highest BCUT2D eigenvalue weighted by molar-refractivity contribution is 6.33. The Morgan fingerprint density at radius 2 is 2.04 bits per heavy atom. The van der Waals surface area contributed by atoms with Crippen molar-refractivity contribution < 1.29 is 13.9 Å². The van der Waals surface area contributed by atoms with Crippen molar-refractivity contribution in [1.29, 1.82) is 0 Å². The van der Waals surface area contributed by atoms with Gasteiger partial charge >= 0.3 is 5.97 Å². The lowest BCUT2D eigenvalue weighted by Crippen LogP contribution is -2.18. The summed E-state index contributed by atoms with van der Waals surface area (Å²) >= 11 is 6.39. The quantitative estimate of drug-likeness (QED) is 0.788. The van der Waals surface area contributed by atoms with Crippen LogP contribution in [0, 0.1) is 0 Å². The molecule has 0 aliphatic carbocycles. The molecular weight excluding hydrogens is 330 g/mol. The Morgan fingerprint density at radius 1 is 1.29 bits per heavy atom. The second-order valence-corrected chi connectivity index (χ2v) is 6.01. The maximum atomic E-state index is 12.1. The van der Waals surface area contributed by atoms with Gasteiger partial charge in [0, 0.05) is 24.7 Å². The maximum Gasteiger partial charge on any atom is 0.345 e. The van der Waals surface area contributed by atoms with E-state index in [0.29, 0.717) is 16.3 Å². The van der Waals surface area contributed by atoms with E-state index in [0.717, 1.165) is 25.0 Å². The fraction of sp³-hybridized carbons (Fsp3) is 0.333. The molecule has 126 valence electrons. The van der Waals surface area contributed by atoms with Crippen LogP contribution in [-0.4, -0.2) is 25.7 Å². The van der Waals surface area contributed by atoms with Crippen LogP contribution in [0.1, 0.15) is 30.1 Å². The van der Waals surface area contributed by atoms with E-state index >= 15 is 0 Å². The minimum Gasteiger partial charge on any atom is -0.463 e. The van der Waals surface area contributed by atoms with E-state index in [-0.39, 0.29) is 12.2 Å². The van der Waals surface area contributed by atoms with Crippen molar-refractivity contribution in [3.63, 3.8) is 0 Å². The molecule has 0 radical (unpaired) electrons. The normalized spacial score (nSPS) is 14.0. The van der Waals surface area contributed by atoms with Crippen LogP contribution in [-0.2, 0) is 4.74 Å². The number of nitrogens with zero attached hydrogens (tertiary/aromatic N) is 1. The van der Waals surface area contributed by atoms with Crippen molar-refractivity contribution in [3.05, 3.63) is 51.3 Å². The van der Waals surface area contributed by atoms with Crippen molar-refractivity contribution in [2.75, 3.05) is 24.6 Å². The van der Waals surface area contributed by atoms with Gasteiger partial charge in [0.05, 0.1) is 17.3 Å². The lowest BCUT2D eigenvalue weighted by molar-refractivity contribution is 0.0522. The summed E-state index contributed by atoms with van der Waals surface area (Å²) < 4.78 is 10.3. The van der Waals surface area contributed by atoms with E-state index in [4.69, 9.17) is 20.8 Å². The van der Waals surface area contributed by atoms with Gasteiger partial charge in [-0.05, 0) is 38.0 Å². The molecule has 5 nitrogen and oxygen atoms in total. The largest absolute Gasteiger partial charge is 0.463 e. The van der Waals surface area contributed by atoms with Crippen molar-refractivity contribution in [2.24, 2.45) is 0 Å². The molecule has 2 aromatic rings. The summed E-state index contributed by atoms with van der Waals surface area (Å²) in [4.78, 5) is 26.0. The third kappa shape index (κ3) is 3.31. The summed E-state index contributed by atoms with van der Waals surface area (Å²) in [5.74, 6) is -0.317. The lowest BCUT2D eigenvalue weighted by Gasteiger charge is -2.19. The van der Waals surface area contributed by atoms with Gasteiger partial charge in [0.25, 0.3) is 0 Å². The van der Waals surface area contributed by atoms with Crippen molar-refractivity contribution in [1.82, 2.24) is 0 Å². The standard InChI is InChI=1S/C18H18ClNO4/c1-2-23-18(22)13-11-24-17(10-16(13)21)12-5-6-15(14(19)9-12)20-7-3-4-8-20/h5-6,9-11H,2-4,7-8H2,1H3. The van der Waals surface area contributed by atoms with Crippen LogP contribution in [0.5, 0.6) is 0 Å². The number of esters is 1. The summed E-state index contributed by atoms with van der Waals surface area (Å²) in [5.41, 5.74) is 1.13. The van der Waals surface area contributed by atoms with Gasteiger partial charge in [0.1, 0.15) is 17.6 Å². The monoisotopic (exact) mass is 347 g/mol. The summed E-state index contributed by atoms with van der Waals surface area (Å²) in [7, 11) is 0. The van der Waals surface area contributed by atoms with Gasteiger partial charge in [-0.1, -0.05) is 11.6 Å². The van der Waals surface area contributed by atoms with Crippen molar-refractivity contribution in [2.45, 2.75) is 19.8 Å². The average molecular weight is 348 g/mol. The van der Waals surface area contributed by atoms with Gasteiger partial charge < -0.3 is 14.1 Å². The molecule has 1 saturated heterocycles. The highest BCUT2D eigenvalue weighted by atomic mass is 35.5. The Morgan fingerprint density at radius 3 is 2.67 bits per heavy atom. The van der Waals surface area contributed by atoms with Crippen LogP contribution in [0.2, 0.25) is 5.02 Å². The third-order valence-electron chi connectivity index (χ3n) is 4.01. The molecule has 1 aliphatic heterocycles. The smallest absolute Gasteiger partial charge is 0.345 e. The number of hydrogen-bond acceptors (Lipinski definition) is 5. The second kappa shape index (κ2) is 7.09. The summed E-state index contributed by atoms with van der Waals surface area (Å²) in [6.45, 7) is 3.89. The topological polar surface area (TPSA) is 59.8 Å². The van der Waals surface area contributed by atoms with Crippen LogP contribution in [0.15, 0.2) is 39.7 Å².